The molecule has 0 unspecified atom stereocenters. The van der Waals surface area contributed by atoms with Crippen LogP contribution in [0.15, 0.2) is 57.7 Å². The lowest BCUT2D eigenvalue weighted by atomic mass is 10.1. The van der Waals surface area contributed by atoms with Crippen molar-refractivity contribution in [2.24, 2.45) is 0 Å². The standard InChI is InChI=1S/C22H22N2O3S2/c1-3-15-12-18(14(2)24-22(15)25)20-8-9-21(28-20)29(26,27)11-10-16-13-23-19-7-5-4-6-17(16)19/h4-9,12-13,23H,3,10-11H2,1-2H3,(H,24,25). The average molecular weight is 427 g/mol. The van der Waals surface area contributed by atoms with Crippen molar-refractivity contribution in [3.63, 3.8) is 0 Å². The number of hydrogen-bond acceptors (Lipinski definition) is 4. The smallest absolute Gasteiger partial charge is 0.251 e. The number of pyridine rings is 1. The molecule has 4 rings (SSSR count). The molecule has 3 aromatic heterocycles. The van der Waals surface area contributed by atoms with E-state index < -0.39 is 9.84 Å². The predicted octanol–water partition coefficient (Wildman–Crippen LogP) is 4.47. The molecule has 29 heavy (non-hydrogen) atoms. The molecule has 3 heterocycles. The third-order valence-electron chi connectivity index (χ3n) is 5.16. The van der Waals surface area contributed by atoms with Crippen LogP contribution in [0.1, 0.15) is 23.7 Å². The van der Waals surface area contributed by atoms with Gasteiger partial charge in [0.15, 0.2) is 9.84 Å². The number of nitrogens with one attached hydrogen (secondary N) is 2. The second-order valence-corrected chi connectivity index (χ2v) is 10.5. The van der Waals surface area contributed by atoms with E-state index in [0.29, 0.717) is 22.6 Å². The number of aromatic amines is 2. The molecule has 0 aliphatic carbocycles. The average Bonchev–Trinajstić information content (AvgIpc) is 3.34. The summed E-state index contributed by atoms with van der Waals surface area (Å²) in [5.74, 6) is 0.0552. The lowest BCUT2D eigenvalue weighted by Crippen LogP contribution is -2.13. The Morgan fingerprint density at radius 1 is 1.07 bits per heavy atom. The van der Waals surface area contributed by atoms with Crippen molar-refractivity contribution >= 4 is 32.1 Å². The Morgan fingerprint density at radius 2 is 1.86 bits per heavy atom. The van der Waals surface area contributed by atoms with Crippen LogP contribution in [0, 0.1) is 6.92 Å². The van der Waals surface area contributed by atoms with Crippen LogP contribution in [0.3, 0.4) is 0 Å². The number of hydrogen-bond donors (Lipinski definition) is 2. The van der Waals surface area contributed by atoms with Gasteiger partial charge in [-0.05, 0) is 49.6 Å². The highest BCUT2D eigenvalue weighted by molar-refractivity contribution is 7.93. The summed E-state index contributed by atoms with van der Waals surface area (Å²) in [7, 11) is -3.40. The van der Waals surface area contributed by atoms with Gasteiger partial charge in [-0.25, -0.2) is 8.42 Å². The van der Waals surface area contributed by atoms with Crippen LogP contribution in [-0.4, -0.2) is 24.1 Å². The number of para-hydroxylation sites is 1. The third kappa shape index (κ3) is 3.80. The maximum absolute atomic E-state index is 12.9. The van der Waals surface area contributed by atoms with Gasteiger partial charge in [-0.2, -0.15) is 0 Å². The van der Waals surface area contributed by atoms with E-state index in [0.717, 1.165) is 32.6 Å². The maximum Gasteiger partial charge on any atom is 0.251 e. The Hall–Kier alpha value is -2.64. The summed E-state index contributed by atoms with van der Waals surface area (Å²) >= 11 is 1.26. The summed E-state index contributed by atoms with van der Waals surface area (Å²) in [6.07, 6.45) is 2.97. The fraction of sp³-hybridized carbons (Fsp3) is 0.227. The monoisotopic (exact) mass is 426 g/mol. The summed E-state index contributed by atoms with van der Waals surface area (Å²) in [5.41, 5.74) is 4.25. The van der Waals surface area contributed by atoms with Gasteiger partial charge in [0.25, 0.3) is 5.56 Å². The molecule has 5 nitrogen and oxygen atoms in total. The molecular weight excluding hydrogens is 404 g/mol. The van der Waals surface area contributed by atoms with Gasteiger partial charge in [0.2, 0.25) is 0 Å². The largest absolute Gasteiger partial charge is 0.361 e. The SMILES string of the molecule is CCc1cc(-c2ccc(S(=O)(=O)CCc3c[nH]c4ccccc34)s2)c(C)[nH]c1=O. The van der Waals surface area contributed by atoms with Crippen LogP contribution in [0.2, 0.25) is 0 Å². The second kappa shape index (κ2) is 7.65. The van der Waals surface area contributed by atoms with Crippen LogP contribution in [0.5, 0.6) is 0 Å². The van der Waals surface area contributed by atoms with E-state index in [1.807, 2.05) is 56.4 Å². The van der Waals surface area contributed by atoms with Crippen molar-refractivity contribution < 1.29 is 8.42 Å². The van der Waals surface area contributed by atoms with Crippen LogP contribution in [0.25, 0.3) is 21.3 Å². The van der Waals surface area contributed by atoms with Crippen LogP contribution in [-0.2, 0) is 22.7 Å². The summed E-state index contributed by atoms with van der Waals surface area (Å²) in [6, 6.07) is 13.2. The number of thiophene rings is 1. The molecule has 0 aliphatic heterocycles. The van der Waals surface area contributed by atoms with E-state index in [9.17, 15) is 13.2 Å². The molecule has 0 saturated heterocycles. The van der Waals surface area contributed by atoms with Gasteiger partial charge < -0.3 is 9.97 Å². The summed E-state index contributed by atoms with van der Waals surface area (Å²) < 4.78 is 26.2. The normalized spacial score (nSPS) is 11.9. The molecule has 0 spiro atoms. The van der Waals surface area contributed by atoms with Crippen molar-refractivity contribution in [2.45, 2.75) is 30.9 Å². The summed E-state index contributed by atoms with van der Waals surface area (Å²) in [6.45, 7) is 3.76. The molecular formula is C22H22N2O3S2. The molecule has 0 radical (unpaired) electrons. The third-order valence-corrected chi connectivity index (χ3v) is 8.58. The Labute approximate surface area is 173 Å². The highest BCUT2D eigenvalue weighted by Gasteiger charge is 2.19. The van der Waals surface area contributed by atoms with Gasteiger partial charge >= 0.3 is 0 Å². The lowest BCUT2D eigenvalue weighted by molar-refractivity contribution is 0.597. The molecule has 2 N–H and O–H groups in total. The van der Waals surface area contributed by atoms with E-state index in [2.05, 4.69) is 9.97 Å². The molecule has 0 aliphatic rings. The van der Waals surface area contributed by atoms with E-state index in [-0.39, 0.29) is 11.3 Å². The number of H-pyrrole nitrogens is 2. The van der Waals surface area contributed by atoms with Crippen molar-refractivity contribution in [2.75, 3.05) is 5.75 Å². The zero-order valence-corrected chi connectivity index (χ0v) is 17.9. The Morgan fingerprint density at radius 3 is 2.66 bits per heavy atom. The van der Waals surface area contributed by atoms with Crippen LogP contribution < -0.4 is 5.56 Å². The summed E-state index contributed by atoms with van der Waals surface area (Å²) in [4.78, 5) is 18.9. The fourth-order valence-electron chi connectivity index (χ4n) is 3.50. The predicted molar refractivity (Wildman–Crippen MR) is 119 cm³/mol. The molecule has 1 aromatic carbocycles. The number of sulfone groups is 1. The van der Waals surface area contributed by atoms with Crippen molar-refractivity contribution in [3.05, 3.63) is 75.8 Å². The molecule has 0 bridgehead atoms. The summed E-state index contributed by atoms with van der Waals surface area (Å²) in [5, 5.41) is 1.06. The molecule has 0 amide bonds. The highest BCUT2D eigenvalue weighted by Crippen LogP contribution is 2.33. The number of rotatable bonds is 6. The number of aromatic nitrogens is 2. The Balaban J connectivity index is 1.59. The van der Waals surface area contributed by atoms with Gasteiger partial charge in [-0.1, -0.05) is 25.1 Å². The quantitative estimate of drug-likeness (QED) is 0.477. The number of benzene rings is 1. The first kappa shape index (κ1) is 19.7. The first-order valence-corrected chi connectivity index (χ1v) is 12.0. The van der Waals surface area contributed by atoms with Crippen LogP contribution in [0.4, 0.5) is 0 Å². The van der Waals surface area contributed by atoms with Crippen LogP contribution >= 0.6 is 11.3 Å². The molecule has 150 valence electrons. The van der Waals surface area contributed by atoms with Gasteiger partial charge in [-0.15, -0.1) is 11.3 Å². The lowest BCUT2D eigenvalue weighted by Gasteiger charge is -2.06. The first-order chi connectivity index (χ1) is 13.9. The molecule has 0 fully saturated rings. The maximum atomic E-state index is 12.9. The first-order valence-electron chi connectivity index (χ1n) is 9.50. The number of aryl methyl sites for hydroxylation is 3. The van der Waals surface area contributed by atoms with Gasteiger partial charge in [0.05, 0.1) is 5.75 Å². The van der Waals surface area contributed by atoms with E-state index in [1.54, 1.807) is 6.07 Å². The minimum atomic E-state index is -3.40. The van der Waals surface area contributed by atoms with Gasteiger partial charge in [0, 0.05) is 38.8 Å². The fourth-order valence-corrected chi connectivity index (χ4v) is 6.30. The molecule has 4 aromatic rings. The second-order valence-electron chi connectivity index (χ2n) is 7.06. The molecule has 7 heteroatoms. The minimum absolute atomic E-state index is 0.0552. The van der Waals surface area contributed by atoms with Gasteiger partial charge in [-0.3, -0.25) is 4.79 Å². The van der Waals surface area contributed by atoms with E-state index >= 15 is 0 Å². The molecule has 0 atom stereocenters. The van der Waals surface area contributed by atoms with Crippen molar-refractivity contribution in [3.8, 4) is 10.4 Å². The van der Waals surface area contributed by atoms with E-state index in [1.165, 1.54) is 11.3 Å². The Bertz CT molecular complexity index is 1340. The van der Waals surface area contributed by atoms with E-state index in [4.69, 9.17) is 0 Å². The van der Waals surface area contributed by atoms with Crippen molar-refractivity contribution in [1.29, 1.82) is 0 Å². The zero-order chi connectivity index (χ0) is 20.6. The minimum Gasteiger partial charge on any atom is -0.361 e. The highest BCUT2D eigenvalue weighted by atomic mass is 32.2. The number of fused-ring (bicyclic) bond motifs is 1. The topological polar surface area (TPSA) is 82.8 Å². The van der Waals surface area contributed by atoms with Crippen molar-refractivity contribution in [1.82, 2.24) is 9.97 Å². The molecule has 0 saturated carbocycles. The zero-order valence-electron chi connectivity index (χ0n) is 16.3. The Kier molecular flexibility index (Phi) is 5.19. The van der Waals surface area contributed by atoms with Gasteiger partial charge in [0.1, 0.15) is 4.21 Å².